The molecule has 3 nitrogen and oxygen atoms in total. The maximum atomic E-state index is 10.1. The zero-order valence-corrected chi connectivity index (χ0v) is 28.0. The molecule has 0 radical (unpaired) electrons. The van der Waals surface area contributed by atoms with Crippen LogP contribution in [0.5, 0.6) is 11.5 Å². The lowest BCUT2D eigenvalue weighted by molar-refractivity contribution is 0.474. The molecule has 3 heteroatoms. The fourth-order valence-corrected chi connectivity index (χ4v) is 6.82. The first-order chi connectivity index (χ1) is 23.8. The molecule has 0 amide bonds. The summed E-state index contributed by atoms with van der Waals surface area (Å²) in [6, 6.07) is 58.2. The zero-order valence-electron chi connectivity index (χ0n) is 28.0. The smallest absolute Gasteiger partial charge is 0.115 e. The van der Waals surface area contributed by atoms with Crippen molar-refractivity contribution in [3.05, 3.63) is 198 Å². The molecule has 0 aliphatic rings. The first-order valence-electron chi connectivity index (χ1n) is 16.6. The minimum Gasteiger partial charge on any atom is -0.508 e. The molecule has 49 heavy (non-hydrogen) atoms. The van der Waals surface area contributed by atoms with Crippen LogP contribution in [0.4, 0.5) is 17.1 Å². The van der Waals surface area contributed by atoms with Crippen LogP contribution in [0.1, 0.15) is 34.7 Å². The molecule has 240 valence electrons. The number of phenolic OH excluding ortho intramolecular Hbond substituents is 2. The number of hydrogen-bond acceptors (Lipinski definition) is 3. The van der Waals surface area contributed by atoms with Gasteiger partial charge in [0.1, 0.15) is 11.5 Å². The van der Waals surface area contributed by atoms with Crippen molar-refractivity contribution < 1.29 is 10.2 Å². The van der Waals surface area contributed by atoms with E-state index < -0.39 is 5.41 Å². The van der Waals surface area contributed by atoms with Crippen molar-refractivity contribution in [1.82, 2.24) is 0 Å². The van der Waals surface area contributed by atoms with Gasteiger partial charge in [0.05, 0.1) is 11.4 Å². The third kappa shape index (κ3) is 6.19. The van der Waals surface area contributed by atoms with Crippen LogP contribution in [0.25, 0.3) is 22.3 Å². The fraction of sp³-hybridized carbons (Fsp3) is 0.0870. The number of nitrogens with zero attached hydrogens (tertiary/aromatic N) is 1. The molecular formula is C46H39NO2. The van der Waals surface area contributed by atoms with E-state index in [0.717, 1.165) is 56.0 Å². The molecule has 7 aromatic carbocycles. The molecule has 0 saturated carbocycles. The second-order valence-electron chi connectivity index (χ2n) is 12.9. The van der Waals surface area contributed by atoms with Gasteiger partial charge in [-0.3, -0.25) is 0 Å². The summed E-state index contributed by atoms with van der Waals surface area (Å²) in [7, 11) is 0. The minimum absolute atomic E-state index is 0.225. The largest absolute Gasteiger partial charge is 0.508 e. The van der Waals surface area contributed by atoms with Crippen LogP contribution in [-0.4, -0.2) is 10.2 Å². The number of phenols is 2. The van der Waals surface area contributed by atoms with Gasteiger partial charge in [0, 0.05) is 22.2 Å². The Bertz CT molecular complexity index is 2050. The van der Waals surface area contributed by atoms with E-state index in [9.17, 15) is 10.2 Å². The van der Waals surface area contributed by atoms with E-state index >= 15 is 0 Å². The van der Waals surface area contributed by atoms with Gasteiger partial charge < -0.3 is 15.1 Å². The lowest BCUT2D eigenvalue weighted by atomic mass is 9.71. The monoisotopic (exact) mass is 637 g/mol. The summed E-state index contributed by atoms with van der Waals surface area (Å²) in [6.07, 6.45) is 0. The Morgan fingerprint density at radius 1 is 0.429 bits per heavy atom. The van der Waals surface area contributed by atoms with Crippen LogP contribution in [0.15, 0.2) is 170 Å². The van der Waals surface area contributed by atoms with Gasteiger partial charge in [0.25, 0.3) is 0 Å². The van der Waals surface area contributed by atoms with E-state index in [1.54, 1.807) is 24.3 Å². The summed E-state index contributed by atoms with van der Waals surface area (Å²) in [5, 5.41) is 20.2. The topological polar surface area (TPSA) is 43.7 Å². The molecule has 0 aliphatic heterocycles. The molecule has 0 heterocycles. The summed E-state index contributed by atoms with van der Waals surface area (Å²) in [5.41, 5.74) is 12.8. The highest BCUT2D eigenvalue weighted by molar-refractivity contribution is 5.94. The minimum atomic E-state index is -0.554. The molecule has 0 aliphatic carbocycles. The van der Waals surface area contributed by atoms with Gasteiger partial charge in [-0.2, -0.15) is 0 Å². The predicted molar refractivity (Wildman–Crippen MR) is 203 cm³/mol. The van der Waals surface area contributed by atoms with Crippen molar-refractivity contribution in [2.75, 3.05) is 4.90 Å². The Kier molecular flexibility index (Phi) is 8.50. The fourth-order valence-electron chi connectivity index (χ4n) is 6.82. The molecule has 0 saturated heterocycles. The predicted octanol–water partition coefficient (Wildman–Crippen LogP) is 11.9. The Labute approximate surface area is 289 Å². The van der Waals surface area contributed by atoms with Gasteiger partial charge in [-0.25, -0.2) is 0 Å². The highest BCUT2D eigenvalue weighted by Gasteiger charge is 2.32. The molecule has 0 aromatic heterocycles. The van der Waals surface area contributed by atoms with Gasteiger partial charge in [-0.1, -0.05) is 121 Å². The van der Waals surface area contributed by atoms with Crippen LogP contribution < -0.4 is 4.90 Å². The maximum Gasteiger partial charge on any atom is 0.115 e. The van der Waals surface area contributed by atoms with E-state index in [-0.39, 0.29) is 11.5 Å². The van der Waals surface area contributed by atoms with E-state index in [1.165, 1.54) is 11.1 Å². The van der Waals surface area contributed by atoms with E-state index in [0.29, 0.717) is 0 Å². The maximum absolute atomic E-state index is 10.1. The molecular weight excluding hydrogens is 599 g/mol. The number of aromatic hydroxyl groups is 2. The Morgan fingerprint density at radius 3 is 1.18 bits per heavy atom. The molecule has 0 atom stereocenters. The van der Waals surface area contributed by atoms with Gasteiger partial charge in [-0.05, 0) is 108 Å². The summed E-state index contributed by atoms with van der Waals surface area (Å²) in [6.45, 7) is 6.49. The summed E-state index contributed by atoms with van der Waals surface area (Å²) >= 11 is 0. The van der Waals surface area contributed by atoms with Crippen LogP contribution in [0.3, 0.4) is 0 Å². The van der Waals surface area contributed by atoms with E-state index in [2.05, 4.69) is 147 Å². The Balaban J connectivity index is 1.46. The van der Waals surface area contributed by atoms with Gasteiger partial charge in [-0.15, -0.1) is 0 Å². The summed E-state index contributed by atoms with van der Waals surface area (Å²) in [5.74, 6) is 0.449. The van der Waals surface area contributed by atoms with Crippen LogP contribution in [0.2, 0.25) is 0 Å². The van der Waals surface area contributed by atoms with E-state index in [4.69, 9.17) is 0 Å². The Morgan fingerprint density at radius 2 is 0.796 bits per heavy atom. The first-order valence-corrected chi connectivity index (χ1v) is 16.6. The molecule has 0 spiro atoms. The quantitative estimate of drug-likeness (QED) is 0.163. The Hall–Kier alpha value is -6.06. The molecule has 7 rings (SSSR count). The van der Waals surface area contributed by atoms with E-state index in [1.807, 2.05) is 24.3 Å². The number of rotatable bonds is 8. The molecule has 2 N–H and O–H groups in total. The lowest BCUT2D eigenvalue weighted by Gasteiger charge is -2.34. The molecule has 0 bridgehead atoms. The SMILES string of the molecule is Cc1ccc(-c2ccccc2)c(N(c2ccc(C(C)(c3ccc(O)cc3)c3ccc(O)cc3)cc2)c2cc(C)ccc2-c2ccccc2)c1. The van der Waals surface area contributed by atoms with Crippen LogP contribution in [-0.2, 0) is 5.41 Å². The summed E-state index contributed by atoms with van der Waals surface area (Å²) < 4.78 is 0. The van der Waals surface area contributed by atoms with Gasteiger partial charge in [0.15, 0.2) is 0 Å². The van der Waals surface area contributed by atoms with Crippen molar-refractivity contribution in [3.63, 3.8) is 0 Å². The van der Waals surface area contributed by atoms with Crippen molar-refractivity contribution >= 4 is 17.1 Å². The van der Waals surface area contributed by atoms with Crippen molar-refractivity contribution in [2.24, 2.45) is 0 Å². The van der Waals surface area contributed by atoms with Crippen molar-refractivity contribution in [1.29, 1.82) is 0 Å². The second-order valence-corrected chi connectivity index (χ2v) is 12.9. The molecule has 0 fully saturated rings. The number of aryl methyl sites for hydroxylation is 2. The average Bonchev–Trinajstić information content (AvgIpc) is 3.13. The third-order valence-electron chi connectivity index (χ3n) is 9.55. The normalized spacial score (nSPS) is 11.3. The highest BCUT2D eigenvalue weighted by atomic mass is 16.3. The summed E-state index contributed by atoms with van der Waals surface area (Å²) in [4.78, 5) is 2.40. The molecule has 7 aromatic rings. The number of benzene rings is 7. The van der Waals surface area contributed by atoms with Crippen LogP contribution in [0, 0.1) is 13.8 Å². The highest BCUT2D eigenvalue weighted by Crippen LogP contribution is 2.47. The first kappa shape index (κ1) is 31.5. The molecule has 0 unspecified atom stereocenters. The third-order valence-corrected chi connectivity index (χ3v) is 9.55. The zero-order chi connectivity index (χ0) is 34.0. The number of hydrogen-bond donors (Lipinski definition) is 2. The van der Waals surface area contributed by atoms with Crippen molar-refractivity contribution in [3.8, 4) is 33.8 Å². The average molecular weight is 638 g/mol. The standard InChI is InChI=1S/C46H39NO2/c1-32-14-28-42(34-10-6-4-7-11-34)44(30-32)47(45-31-33(2)15-29-43(45)35-12-8-5-9-13-35)39-22-16-36(17-23-39)46(3,37-18-24-40(48)25-19-37)38-20-26-41(49)27-21-38/h4-31,48-49H,1-3H3. The lowest BCUT2D eigenvalue weighted by Crippen LogP contribution is -2.25. The van der Waals surface area contributed by atoms with Gasteiger partial charge in [0.2, 0.25) is 0 Å². The number of anilines is 3. The van der Waals surface area contributed by atoms with Crippen molar-refractivity contribution in [2.45, 2.75) is 26.2 Å². The second kappa shape index (κ2) is 13.2. The van der Waals surface area contributed by atoms with Gasteiger partial charge >= 0.3 is 0 Å². The van der Waals surface area contributed by atoms with Crippen LogP contribution >= 0.6 is 0 Å².